The first-order valence-electron chi connectivity index (χ1n) is 7.55. The summed E-state index contributed by atoms with van der Waals surface area (Å²) in [6.45, 7) is 7.08. The standard InChI is InChI=1S/C15H27N5O/c1-12(2)19(5)11-14(21)20-9-8-17(3)13(10-20)15-16-6-7-18(15)4/h6-7,12-13H,8-11H2,1-5H3. The molecule has 1 aliphatic heterocycles. The van der Waals surface area contributed by atoms with Crippen molar-refractivity contribution in [2.75, 3.05) is 40.3 Å². The molecule has 1 fully saturated rings. The van der Waals surface area contributed by atoms with Crippen LogP contribution in [0.25, 0.3) is 0 Å². The highest BCUT2D eigenvalue weighted by atomic mass is 16.2. The van der Waals surface area contributed by atoms with Crippen molar-refractivity contribution in [2.24, 2.45) is 7.05 Å². The second-order valence-corrected chi connectivity index (χ2v) is 6.24. The molecular formula is C15H27N5O. The van der Waals surface area contributed by atoms with E-state index in [0.29, 0.717) is 19.1 Å². The normalized spacial score (nSPS) is 20.5. The van der Waals surface area contributed by atoms with Crippen LogP contribution in [0.4, 0.5) is 0 Å². The molecule has 0 saturated carbocycles. The zero-order valence-corrected chi connectivity index (χ0v) is 13.8. The van der Waals surface area contributed by atoms with Gasteiger partial charge in [-0.25, -0.2) is 4.98 Å². The van der Waals surface area contributed by atoms with E-state index in [4.69, 9.17) is 0 Å². The zero-order valence-electron chi connectivity index (χ0n) is 13.8. The maximum Gasteiger partial charge on any atom is 0.236 e. The van der Waals surface area contributed by atoms with Crippen LogP contribution in [-0.4, -0.2) is 76.5 Å². The molecule has 2 heterocycles. The van der Waals surface area contributed by atoms with Crippen molar-refractivity contribution in [3.8, 4) is 0 Å². The first-order valence-corrected chi connectivity index (χ1v) is 7.55. The average molecular weight is 293 g/mol. The van der Waals surface area contributed by atoms with E-state index < -0.39 is 0 Å². The number of carbonyl (C=O) groups excluding carboxylic acids is 1. The number of imidazole rings is 1. The molecule has 0 bridgehead atoms. The minimum absolute atomic E-state index is 0.173. The van der Waals surface area contributed by atoms with Gasteiger partial charge in [0.15, 0.2) is 0 Å². The lowest BCUT2D eigenvalue weighted by Gasteiger charge is -2.39. The molecule has 0 aliphatic carbocycles. The number of aryl methyl sites for hydroxylation is 1. The van der Waals surface area contributed by atoms with Crippen LogP contribution in [0.15, 0.2) is 12.4 Å². The van der Waals surface area contributed by atoms with Gasteiger partial charge in [0.2, 0.25) is 5.91 Å². The van der Waals surface area contributed by atoms with Crippen molar-refractivity contribution < 1.29 is 4.79 Å². The van der Waals surface area contributed by atoms with Crippen LogP contribution in [0.1, 0.15) is 25.7 Å². The molecule has 0 spiro atoms. The van der Waals surface area contributed by atoms with Gasteiger partial charge < -0.3 is 9.47 Å². The minimum atomic E-state index is 0.173. The van der Waals surface area contributed by atoms with E-state index in [1.165, 1.54) is 0 Å². The number of aromatic nitrogens is 2. The summed E-state index contributed by atoms with van der Waals surface area (Å²) in [7, 11) is 6.10. The number of likely N-dealkylation sites (N-methyl/N-ethyl adjacent to an activating group) is 2. The maximum absolute atomic E-state index is 12.5. The summed E-state index contributed by atoms with van der Waals surface area (Å²) < 4.78 is 2.04. The van der Waals surface area contributed by atoms with Crippen LogP contribution in [0, 0.1) is 0 Å². The minimum Gasteiger partial charge on any atom is -0.338 e. The molecule has 2 rings (SSSR count). The summed E-state index contributed by atoms with van der Waals surface area (Å²) in [5.41, 5.74) is 0. The van der Waals surface area contributed by atoms with E-state index in [1.54, 1.807) is 0 Å². The van der Waals surface area contributed by atoms with Gasteiger partial charge in [-0.05, 0) is 27.9 Å². The molecule has 1 atom stereocenters. The molecule has 6 nitrogen and oxygen atoms in total. The highest BCUT2D eigenvalue weighted by Gasteiger charge is 2.30. The van der Waals surface area contributed by atoms with E-state index in [0.717, 1.165) is 18.9 Å². The third kappa shape index (κ3) is 3.63. The van der Waals surface area contributed by atoms with Crippen LogP contribution in [0.3, 0.4) is 0 Å². The van der Waals surface area contributed by atoms with E-state index in [9.17, 15) is 4.79 Å². The van der Waals surface area contributed by atoms with Crippen molar-refractivity contribution in [3.63, 3.8) is 0 Å². The molecule has 118 valence electrons. The highest BCUT2D eigenvalue weighted by molar-refractivity contribution is 5.78. The Bertz CT molecular complexity index is 484. The second kappa shape index (κ2) is 6.58. The maximum atomic E-state index is 12.5. The van der Waals surface area contributed by atoms with Gasteiger partial charge >= 0.3 is 0 Å². The van der Waals surface area contributed by atoms with Crippen LogP contribution >= 0.6 is 0 Å². The van der Waals surface area contributed by atoms with Crippen molar-refractivity contribution >= 4 is 5.91 Å². The molecular weight excluding hydrogens is 266 g/mol. The summed E-state index contributed by atoms with van der Waals surface area (Å²) in [4.78, 5) is 23.2. The molecule has 0 aromatic carbocycles. The molecule has 1 amide bonds. The number of amides is 1. The van der Waals surface area contributed by atoms with Crippen LogP contribution in [0.2, 0.25) is 0 Å². The predicted molar refractivity (Wildman–Crippen MR) is 82.9 cm³/mol. The largest absolute Gasteiger partial charge is 0.338 e. The van der Waals surface area contributed by atoms with Gasteiger partial charge in [0.25, 0.3) is 0 Å². The van der Waals surface area contributed by atoms with Gasteiger partial charge in [-0.15, -0.1) is 0 Å². The molecule has 0 radical (unpaired) electrons. The summed E-state index contributed by atoms with van der Waals surface area (Å²) in [5.74, 6) is 1.23. The van der Waals surface area contributed by atoms with Crippen molar-refractivity contribution in [3.05, 3.63) is 18.2 Å². The molecule has 1 saturated heterocycles. The third-order valence-electron chi connectivity index (χ3n) is 4.42. The molecule has 1 aromatic rings. The summed E-state index contributed by atoms with van der Waals surface area (Å²) >= 11 is 0. The number of nitrogens with zero attached hydrogens (tertiary/aromatic N) is 5. The summed E-state index contributed by atoms with van der Waals surface area (Å²) in [6, 6.07) is 0.554. The fraction of sp³-hybridized carbons (Fsp3) is 0.733. The Morgan fingerprint density at radius 2 is 2.14 bits per heavy atom. The Balaban J connectivity index is 2.04. The van der Waals surface area contributed by atoms with Gasteiger partial charge in [0, 0.05) is 45.1 Å². The van der Waals surface area contributed by atoms with Crippen molar-refractivity contribution in [1.82, 2.24) is 24.3 Å². The second-order valence-electron chi connectivity index (χ2n) is 6.24. The Kier molecular flexibility index (Phi) is 5.00. The Hall–Kier alpha value is -1.40. The quantitative estimate of drug-likeness (QED) is 0.814. The average Bonchev–Trinajstić information content (AvgIpc) is 2.85. The van der Waals surface area contributed by atoms with Gasteiger partial charge in [-0.1, -0.05) is 0 Å². The molecule has 1 aliphatic rings. The van der Waals surface area contributed by atoms with Crippen molar-refractivity contribution in [1.29, 1.82) is 0 Å². The van der Waals surface area contributed by atoms with Crippen LogP contribution in [-0.2, 0) is 11.8 Å². The number of carbonyl (C=O) groups is 1. The molecule has 1 aromatic heterocycles. The molecule has 0 N–H and O–H groups in total. The molecule has 6 heteroatoms. The number of piperazine rings is 1. The topological polar surface area (TPSA) is 44.6 Å². The number of hydrogen-bond donors (Lipinski definition) is 0. The molecule has 1 unspecified atom stereocenters. The zero-order chi connectivity index (χ0) is 15.6. The SMILES string of the molecule is CC(C)N(C)CC(=O)N1CCN(C)C(c2nccn2C)C1. The smallest absolute Gasteiger partial charge is 0.236 e. The lowest BCUT2D eigenvalue weighted by Crippen LogP contribution is -2.52. The van der Waals surface area contributed by atoms with E-state index in [-0.39, 0.29) is 11.9 Å². The van der Waals surface area contributed by atoms with E-state index in [2.05, 4.69) is 35.7 Å². The molecule has 21 heavy (non-hydrogen) atoms. The van der Waals surface area contributed by atoms with Gasteiger partial charge in [0.1, 0.15) is 5.82 Å². The number of rotatable bonds is 4. The summed E-state index contributed by atoms with van der Waals surface area (Å²) in [5, 5.41) is 0. The number of hydrogen-bond acceptors (Lipinski definition) is 4. The van der Waals surface area contributed by atoms with Crippen molar-refractivity contribution in [2.45, 2.75) is 25.9 Å². The Morgan fingerprint density at radius 1 is 1.43 bits per heavy atom. The fourth-order valence-corrected chi connectivity index (χ4v) is 2.57. The predicted octanol–water partition coefficient (Wildman–Crippen LogP) is 0.575. The Morgan fingerprint density at radius 3 is 2.71 bits per heavy atom. The third-order valence-corrected chi connectivity index (χ3v) is 4.42. The highest BCUT2D eigenvalue weighted by Crippen LogP contribution is 2.22. The van der Waals surface area contributed by atoms with E-state index in [1.807, 2.05) is 36.0 Å². The lowest BCUT2D eigenvalue weighted by molar-refractivity contribution is -0.135. The van der Waals surface area contributed by atoms with Gasteiger partial charge in [-0.3, -0.25) is 14.6 Å². The Labute approximate surface area is 127 Å². The summed E-state index contributed by atoms with van der Waals surface area (Å²) in [6.07, 6.45) is 3.77. The van der Waals surface area contributed by atoms with Gasteiger partial charge in [0.05, 0.1) is 12.6 Å². The lowest BCUT2D eigenvalue weighted by atomic mass is 10.1. The first kappa shape index (κ1) is 16.0. The van der Waals surface area contributed by atoms with Crippen LogP contribution < -0.4 is 0 Å². The van der Waals surface area contributed by atoms with Crippen LogP contribution in [0.5, 0.6) is 0 Å². The van der Waals surface area contributed by atoms with Gasteiger partial charge in [-0.2, -0.15) is 0 Å². The fourth-order valence-electron chi connectivity index (χ4n) is 2.57. The monoisotopic (exact) mass is 293 g/mol. The first-order chi connectivity index (χ1) is 9.90. The van der Waals surface area contributed by atoms with E-state index >= 15 is 0 Å².